The van der Waals surface area contributed by atoms with E-state index in [1.807, 2.05) is 0 Å². The fourth-order valence-electron chi connectivity index (χ4n) is 15.6. The maximum absolute atomic E-state index is 3.11. The van der Waals surface area contributed by atoms with Crippen LogP contribution in [0.5, 0.6) is 0 Å². The fraction of sp³-hybridized carbons (Fsp3) is 0. The Morgan fingerprint density at radius 3 is 1.12 bits per heavy atom. The molecule has 0 bridgehead atoms. The Bertz CT molecular complexity index is 4880. The first-order chi connectivity index (χ1) is 44.7. The molecule has 0 unspecified atom stereocenters. The van der Waals surface area contributed by atoms with Gasteiger partial charge in [-0.05, 0) is 118 Å². The lowest BCUT2D eigenvalue weighted by Gasteiger charge is -2.46. The standard InChI is InChI=1S/C84H60BN3Si2/c1-9-31-61(32-10-1)73-51-30-52-77-84(73)88(62-33-11-2-12-34-62)82-59-64(87-78-53-27-25-49-74(78)75-50-26-28-54-79(75)87)58-81-83(82)85(77)76-56-55-72(90(68-42-19-6-20-43-68,69-44-21-7-22-45-69)70-46-23-8-24-47-70)60-80(76)86(81)63-35-29-48-71(57-63)89(65-36-13-3-14-37-65,66-38-15-4-16-39-66)67-40-17-5-18-41-67/h1-60H. The number of hydrogen-bond acceptors (Lipinski definition) is 2. The monoisotopic (exact) mass is 1180 g/mol. The lowest BCUT2D eigenvalue weighted by Crippen LogP contribution is -2.75. The molecule has 0 spiro atoms. The maximum Gasteiger partial charge on any atom is 0.252 e. The van der Waals surface area contributed by atoms with Crippen molar-refractivity contribution >= 4 is 137 Å². The summed E-state index contributed by atoms with van der Waals surface area (Å²) >= 11 is 0. The van der Waals surface area contributed by atoms with Crippen molar-refractivity contribution in [3.8, 4) is 16.8 Å². The summed E-state index contributed by atoms with van der Waals surface area (Å²) in [5.74, 6) is 0. The van der Waals surface area contributed by atoms with Gasteiger partial charge in [0.25, 0.3) is 6.71 Å². The summed E-state index contributed by atoms with van der Waals surface area (Å²) in [5, 5.41) is 13.1. The molecule has 2 aliphatic rings. The SMILES string of the molecule is c1ccc(-c2cccc3c2N(c2ccccc2)c2cc(-n4c5ccccc5c5ccccc54)cc4c2B3c2ccc([Si](c3ccccc3)(c3ccccc3)c3ccccc3)cc2N4c2cccc([Si](c3ccccc3)(c3ccccc3)c3ccccc3)c2)cc1. The van der Waals surface area contributed by atoms with Crippen molar-refractivity contribution in [1.82, 2.24) is 4.57 Å². The van der Waals surface area contributed by atoms with Gasteiger partial charge in [-0.1, -0.05) is 309 Å². The lowest BCUT2D eigenvalue weighted by molar-refractivity contribution is 1.16. The largest absolute Gasteiger partial charge is 0.311 e. The summed E-state index contributed by atoms with van der Waals surface area (Å²) < 4.78 is 2.52. The van der Waals surface area contributed by atoms with Crippen LogP contribution in [0.4, 0.5) is 34.1 Å². The van der Waals surface area contributed by atoms with Crippen molar-refractivity contribution in [3.63, 3.8) is 0 Å². The second kappa shape index (κ2) is 22.0. The predicted octanol–water partition coefficient (Wildman–Crippen LogP) is 13.3. The quantitative estimate of drug-likeness (QED) is 0.0892. The molecule has 14 aromatic carbocycles. The number of para-hydroxylation sites is 4. The average molecular weight is 1180 g/mol. The minimum Gasteiger partial charge on any atom is -0.311 e. The average Bonchev–Trinajstić information content (AvgIpc) is 0.747. The summed E-state index contributed by atoms with van der Waals surface area (Å²) in [6, 6.07) is 138. The zero-order valence-electron chi connectivity index (χ0n) is 49.6. The molecule has 0 atom stereocenters. The van der Waals surface area contributed by atoms with Gasteiger partial charge < -0.3 is 14.4 Å². The van der Waals surface area contributed by atoms with Gasteiger partial charge in [0.1, 0.15) is 0 Å². The van der Waals surface area contributed by atoms with E-state index in [4.69, 9.17) is 0 Å². The van der Waals surface area contributed by atoms with Crippen molar-refractivity contribution in [2.24, 2.45) is 0 Å². The summed E-state index contributed by atoms with van der Waals surface area (Å²) in [4.78, 5) is 5.28. The molecular weight excluding hydrogens is 1120 g/mol. The third-order valence-electron chi connectivity index (χ3n) is 19.2. The van der Waals surface area contributed by atoms with Gasteiger partial charge in [-0.3, -0.25) is 0 Å². The van der Waals surface area contributed by atoms with Gasteiger partial charge >= 0.3 is 0 Å². The zero-order valence-corrected chi connectivity index (χ0v) is 51.6. The van der Waals surface area contributed by atoms with Crippen molar-refractivity contribution in [2.45, 2.75) is 0 Å². The van der Waals surface area contributed by atoms with Crippen molar-refractivity contribution in [2.75, 3.05) is 9.80 Å². The second-order valence-electron chi connectivity index (χ2n) is 23.8. The molecule has 6 heteroatoms. The molecule has 15 aromatic rings. The molecule has 0 fully saturated rings. The van der Waals surface area contributed by atoms with Crippen LogP contribution < -0.4 is 67.7 Å². The molecule has 90 heavy (non-hydrogen) atoms. The number of aromatic nitrogens is 1. The van der Waals surface area contributed by atoms with E-state index in [0.29, 0.717) is 0 Å². The summed E-state index contributed by atoms with van der Waals surface area (Å²) in [6.45, 7) is -0.169. The van der Waals surface area contributed by atoms with Gasteiger partial charge in [-0.15, -0.1) is 0 Å². The van der Waals surface area contributed by atoms with E-state index in [2.05, 4.69) is 378 Å². The van der Waals surface area contributed by atoms with E-state index in [1.54, 1.807) is 0 Å². The Morgan fingerprint density at radius 1 is 0.244 bits per heavy atom. The van der Waals surface area contributed by atoms with Gasteiger partial charge in [0.15, 0.2) is 16.1 Å². The smallest absolute Gasteiger partial charge is 0.252 e. The van der Waals surface area contributed by atoms with E-state index in [1.165, 1.54) is 91.2 Å². The molecule has 3 heterocycles. The van der Waals surface area contributed by atoms with E-state index in [-0.39, 0.29) is 6.71 Å². The summed E-state index contributed by atoms with van der Waals surface area (Å²) in [5.41, 5.74) is 16.4. The molecule has 0 saturated heterocycles. The van der Waals surface area contributed by atoms with Crippen LogP contribution in [0.25, 0.3) is 38.6 Å². The number of anilines is 6. The number of nitrogens with zero attached hydrogens (tertiary/aromatic N) is 3. The number of benzene rings is 14. The Kier molecular flexibility index (Phi) is 13.0. The minimum atomic E-state index is -3.11. The highest BCUT2D eigenvalue weighted by molar-refractivity contribution is 7.20. The lowest BCUT2D eigenvalue weighted by atomic mass is 9.33. The van der Waals surface area contributed by atoms with E-state index in [0.717, 1.165) is 39.5 Å². The number of fused-ring (bicyclic) bond motifs is 7. The molecule has 1 aromatic heterocycles. The topological polar surface area (TPSA) is 11.4 Å². The Balaban J connectivity index is 1.04. The normalized spacial score (nSPS) is 12.6. The molecule has 3 nitrogen and oxygen atoms in total. The van der Waals surface area contributed by atoms with E-state index >= 15 is 0 Å². The Morgan fingerprint density at radius 2 is 0.633 bits per heavy atom. The third-order valence-corrected chi connectivity index (χ3v) is 28.8. The minimum absolute atomic E-state index is 0.169. The van der Waals surface area contributed by atoms with Gasteiger partial charge in [-0.2, -0.15) is 0 Å². The molecule has 0 aliphatic carbocycles. The second-order valence-corrected chi connectivity index (χ2v) is 31.5. The van der Waals surface area contributed by atoms with E-state index in [9.17, 15) is 0 Å². The molecular formula is C84H60BN3Si2. The van der Waals surface area contributed by atoms with Crippen molar-refractivity contribution in [3.05, 3.63) is 364 Å². The van der Waals surface area contributed by atoms with Crippen LogP contribution >= 0.6 is 0 Å². The highest BCUT2D eigenvalue weighted by atomic mass is 28.3. The molecule has 17 rings (SSSR count). The first-order valence-corrected chi connectivity index (χ1v) is 35.3. The Hall–Kier alpha value is -11.0. The molecule has 0 amide bonds. The highest BCUT2D eigenvalue weighted by Crippen LogP contribution is 2.48. The molecule has 422 valence electrons. The maximum atomic E-state index is 2.69. The first-order valence-electron chi connectivity index (χ1n) is 31.3. The number of rotatable bonds is 12. The van der Waals surface area contributed by atoms with E-state index < -0.39 is 16.1 Å². The van der Waals surface area contributed by atoms with Gasteiger partial charge in [0.2, 0.25) is 0 Å². The predicted molar refractivity (Wildman–Crippen MR) is 387 cm³/mol. The van der Waals surface area contributed by atoms with Crippen LogP contribution in [-0.4, -0.2) is 27.4 Å². The van der Waals surface area contributed by atoms with Gasteiger partial charge in [0.05, 0.1) is 16.7 Å². The molecule has 0 saturated carbocycles. The van der Waals surface area contributed by atoms with Crippen LogP contribution in [0.1, 0.15) is 0 Å². The van der Waals surface area contributed by atoms with Crippen LogP contribution in [0, 0.1) is 0 Å². The Labute approximate surface area is 528 Å². The third kappa shape index (κ3) is 8.26. The molecule has 0 N–H and O–H groups in total. The van der Waals surface area contributed by atoms with Crippen LogP contribution in [0.3, 0.4) is 0 Å². The van der Waals surface area contributed by atoms with Gasteiger partial charge in [0, 0.05) is 50.5 Å². The fourth-order valence-corrected chi connectivity index (χ4v) is 25.1. The zero-order chi connectivity index (χ0) is 59.6. The van der Waals surface area contributed by atoms with Gasteiger partial charge in [-0.25, -0.2) is 0 Å². The van der Waals surface area contributed by atoms with Crippen LogP contribution in [0.2, 0.25) is 0 Å². The first kappa shape index (κ1) is 53.2. The summed E-state index contributed by atoms with van der Waals surface area (Å²) in [7, 11) is -6.17. The number of hydrogen-bond donors (Lipinski definition) is 0. The summed E-state index contributed by atoms with van der Waals surface area (Å²) in [6.07, 6.45) is 0. The molecule has 2 aliphatic heterocycles. The van der Waals surface area contributed by atoms with Crippen LogP contribution in [0.15, 0.2) is 364 Å². The molecule has 0 radical (unpaired) electrons. The van der Waals surface area contributed by atoms with Crippen LogP contribution in [-0.2, 0) is 0 Å². The van der Waals surface area contributed by atoms with Crippen molar-refractivity contribution in [1.29, 1.82) is 0 Å². The highest BCUT2D eigenvalue weighted by Gasteiger charge is 2.48. The van der Waals surface area contributed by atoms with Crippen molar-refractivity contribution < 1.29 is 0 Å².